The predicted molar refractivity (Wildman–Crippen MR) is 86.0 cm³/mol. The van der Waals surface area contributed by atoms with Crippen LogP contribution in [0.15, 0.2) is 24.3 Å². The van der Waals surface area contributed by atoms with E-state index in [-0.39, 0.29) is 13.2 Å². The molecule has 0 spiro atoms. The van der Waals surface area contributed by atoms with Crippen molar-refractivity contribution in [2.45, 2.75) is 31.3 Å². The summed E-state index contributed by atoms with van der Waals surface area (Å²) in [5, 5.41) is 0. The van der Waals surface area contributed by atoms with Crippen molar-refractivity contribution < 1.29 is 23.8 Å². The lowest BCUT2D eigenvalue weighted by Gasteiger charge is -2.24. The average Bonchev–Trinajstić information content (AvgIpc) is 2.53. The third kappa shape index (κ3) is 4.66. The normalized spacial score (nSPS) is 10.9. The highest BCUT2D eigenvalue weighted by atomic mass is 32.2. The first kappa shape index (κ1) is 18.4. The van der Waals surface area contributed by atoms with Crippen molar-refractivity contribution in [2.75, 3.05) is 20.3 Å². The summed E-state index contributed by atoms with van der Waals surface area (Å²) >= 11 is 1.20. The van der Waals surface area contributed by atoms with Crippen molar-refractivity contribution in [3.8, 4) is 5.75 Å². The molecule has 0 unspecified atom stereocenters. The third-order valence-electron chi connectivity index (χ3n) is 3.02. The van der Waals surface area contributed by atoms with Crippen LogP contribution < -0.4 is 4.74 Å². The zero-order chi connectivity index (χ0) is 16.6. The van der Waals surface area contributed by atoms with Gasteiger partial charge in [-0.05, 0) is 38.5 Å². The quantitative estimate of drug-likeness (QED) is 0.541. The summed E-state index contributed by atoms with van der Waals surface area (Å²) in [6.45, 7) is 5.39. The van der Waals surface area contributed by atoms with E-state index in [4.69, 9.17) is 14.2 Å². The van der Waals surface area contributed by atoms with Crippen LogP contribution in [-0.2, 0) is 24.8 Å². The number of carbonyl (C=O) groups excluding carboxylic acids is 2. The van der Waals surface area contributed by atoms with Crippen LogP contribution in [0.25, 0.3) is 0 Å². The molecule has 22 heavy (non-hydrogen) atoms. The summed E-state index contributed by atoms with van der Waals surface area (Å²) in [6, 6.07) is 7.45. The Kier molecular flexibility index (Phi) is 7.24. The fourth-order valence-corrected chi connectivity index (χ4v) is 2.69. The molecule has 0 fully saturated rings. The van der Waals surface area contributed by atoms with Crippen LogP contribution in [0, 0.1) is 0 Å². The Hall–Kier alpha value is -1.69. The van der Waals surface area contributed by atoms with Crippen LogP contribution in [0.5, 0.6) is 5.75 Å². The Balaban J connectivity index is 2.83. The lowest BCUT2D eigenvalue weighted by Crippen LogP contribution is -2.43. The third-order valence-corrected chi connectivity index (χ3v) is 4.40. The van der Waals surface area contributed by atoms with Crippen LogP contribution in [-0.4, -0.2) is 37.0 Å². The van der Waals surface area contributed by atoms with Gasteiger partial charge in [0.25, 0.3) is 0 Å². The molecule has 0 aliphatic rings. The van der Waals surface area contributed by atoms with Gasteiger partial charge in [0, 0.05) is 5.75 Å². The molecule has 6 heteroatoms. The molecule has 0 atom stereocenters. The van der Waals surface area contributed by atoms with E-state index in [1.54, 1.807) is 21.0 Å². The van der Waals surface area contributed by atoms with Crippen molar-refractivity contribution in [3.63, 3.8) is 0 Å². The second kappa shape index (κ2) is 8.68. The van der Waals surface area contributed by atoms with Gasteiger partial charge in [0.15, 0.2) is 0 Å². The zero-order valence-corrected chi connectivity index (χ0v) is 14.2. The molecule has 0 saturated carbocycles. The van der Waals surface area contributed by atoms with E-state index < -0.39 is 16.7 Å². The largest absolute Gasteiger partial charge is 0.497 e. The molecule has 0 bridgehead atoms. The van der Waals surface area contributed by atoms with Crippen molar-refractivity contribution >= 4 is 23.7 Å². The maximum atomic E-state index is 12.1. The van der Waals surface area contributed by atoms with Crippen LogP contribution in [0.1, 0.15) is 26.3 Å². The fourth-order valence-electron chi connectivity index (χ4n) is 1.69. The van der Waals surface area contributed by atoms with Gasteiger partial charge in [-0.3, -0.25) is 0 Å². The maximum absolute atomic E-state index is 12.1. The molecule has 0 N–H and O–H groups in total. The van der Waals surface area contributed by atoms with E-state index in [9.17, 15) is 9.59 Å². The maximum Gasteiger partial charge on any atom is 0.333 e. The van der Waals surface area contributed by atoms with Crippen LogP contribution in [0.4, 0.5) is 0 Å². The first-order chi connectivity index (χ1) is 10.5. The smallest absolute Gasteiger partial charge is 0.333 e. The molecule has 5 nitrogen and oxygen atoms in total. The van der Waals surface area contributed by atoms with Crippen molar-refractivity contribution in [2.24, 2.45) is 0 Å². The van der Waals surface area contributed by atoms with Gasteiger partial charge in [0.2, 0.25) is 4.75 Å². The number of carbonyl (C=O) groups is 2. The van der Waals surface area contributed by atoms with Gasteiger partial charge < -0.3 is 14.2 Å². The number of hydrogen-bond donors (Lipinski definition) is 0. The highest BCUT2D eigenvalue weighted by Gasteiger charge is 2.44. The highest BCUT2D eigenvalue weighted by molar-refractivity contribution is 8.01. The predicted octanol–water partition coefficient (Wildman–Crippen LogP) is 2.81. The van der Waals surface area contributed by atoms with Gasteiger partial charge in [-0.25, -0.2) is 9.59 Å². The van der Waals surface area contributed by atoms with Crippen LogP contribution in [0.2, 0.25) is 0 Å². The Morgan fingerprint density at radius 3 is 1.95 bits per heavy atom. The molecule has 1 aromatic rings. The molecule has 1 rings (SSSR count). The topological polar surface area (TPSA) is 61.8 Å². The van der Waals surface area contributed by atoms with Gasteiger partial charge in [0.1, 0.15) is 5.75 Å². The Labute approximate surface area is 135 Å². The average molecular weight is 326 g/mol. The number of thioether (sulfide) groups is 1. The van der Waals surface area contributed by atoms with Crippen LogP contribution >= 0.6 is 11.8 Å². The van der Waals surface area contributed by atoms with E-state index in [2.05, 4.69) is 0 Å². The molecule has 1 aromatic carbocycles. The lowest BCUT2D eigenvalue weighted by molar-refractivity contribution is -0.157. The summed E-state index contributed by atoms with van der Waals surface area (Å²) < 4.78 is 13.8. The zero-order valence-electron chi connectivity index (χ0n) is 13.4. The summed E-state index contributed by atoms with van der Waals surface area (Å²) in [6.07, 6.45) is 0. The minimum atomic E-state index is -1.37. The molecule has 0 aromatic heterocycles. The molecule has 0 saturated heterocycles. The molecular weight excluding hydrogens is 304 g/mol. The van der Waals surface area contributed by atoms with Crippen LogP contribution in [0.3, 0.4) is 0 Å². The highest BCUT2D eigenvalue weighted by Crippen LogP contribution is 2.32. The molecule has 0 aliphatic heterocycles. The van der Waals surface area contributed by atoms with Gasteiger partial charge in [-0.15, -0.1) is 11.8 Å². The minimum absolute atomic E-state index is 0.219. The Bertz CT molecular complexity index is 480. The number of hydrogen-bond acceptors (Lipinski definition) is 6. The van der Waals surface area contributed by atoms with Gasteiger partial charge in [0.05, 0.1) is 20.3 Å². The molecule has 0 radical (unpaired) electrons. The number of esters is 2. The molecule has 122 valence electrons. The van der Waals surface area contributed by atoms with E-state index in [0.29, 0.717) is 5.75 Å². The second-order valence-corrected chi connectivity index (χ2v) is 6.00. The number of rotatable bonds is 8. The lowest BCUT2D eigenvalue weighted by atomic mass is 10.2. The molecule has 0 aliphatic carbocycles. The molecular formula is C16H22O5S. The first-order valence-electron chi connectivity index (χ1n) is 7.09. The second-order valence-electron chi connectivity index (χ2n) is 4.61. The van der Waals surface area contributed by atoms with Gasteiger partial charge in [-0.2, -0.15) is 0 Å². The minimum Gasteiger partial charge on any atom is -0.497 e. The molecule has 0 amide bonds. The Morgan fingerprint density at radius 2 is 1.55 bits per heavy atom. The summed E-state index contributed by atoms with van der Waals surface area (Å²) in [5.74, 6) is 0.0872. The monoisotopic (exact) mass is 326 g/mol. The van der Waals surface area contributed by atoms with E-state index in [1.807, 2.05) is 24.3 Å². The standard InChI is InChI=1S/C16H22O5S/c1-5-20-14(17)16(3,15(18)21-6-2)22-11-12-7-9-13(19-4)10-8-12/h7-10H,5-6,11H2,1-4H3. The molecule has 0 heterocycles. The van der Waals surface area contributed by atoms with E-state index in [1.165, 1.54) is 18.7 Å². The first-order valence-corrected chi connectivity index (χ1v) is 8.07. The summed E-state index contributed by atoms with van der Waals surface area (Å²) in [7, 11) is 1.60. The fraction of sp³-hybridized carbons (Fsp3) is 0.500. The SMILES string of the molecule is CCOC(=O)C(C)(SCc1ccc(OC)cc1)C(=O)OCC. The van der Waals surface area contributed by atoms with E-state index in [0.717, 1.165) is 11.3 Å². The number of methoxy groups -OCH3 is 1. The number of ether oxygens (including phenoxy) is 3. The van der Waals surface area contributed by atoms with E-state index >= 15 is 0 Å². The van der Waals surface area contributed by atoms with Gasteiger partial charge in [-0.1, -0.05) is 12.1 Å². The van der Waals surface area contributed by atoms with Crippen molar-refractivity contribution in [1.29, 1.82) is 0 Å². The van der Waals surface area contributed by atoms with Crippen molar-refractivity contribution in [3.05, 3.63) is 29.8 Å². The summed E-state index contributed by atoms with van der Waals surface area (Å²) in [5.41, 5.74) is 0.977. The number of benzene rings is 1. The summed E-state index contributed by atoms with van der Waals surface area (Å²) in [4.78, 5) is 24.3. The Morgan fingerprint density at radius 1 is 1.05 bits per heavy atom. The van der Waals surface area contributed by atoms with Gasteiger partial charge >= 0.3 is 11.9 Å². The van der Waals surface area contributed by atoms with Crippen molar-refractivity contribution in [1.82, 2.24) is 0 Å².